The summed E-state index contributed by atoms with van der Waals surface area (Å²) in [6, 6.07) is 0. The first-order chi connectivity index (χ1) is 26.6. The number of nitrogens with two attached hydrogens (primary N) is 2. The number of hydrogen-bond donors (Lipinski definition) is 7. The summed E-state index contributed by atoms with van der Waals surface area (Å²) < 4.78 is 75.3. The number of phosphoric acid groups is 3. The zero-order valence-electron chi connectivity index (χ0n) is 29.5. The highest BCUT2D eigenvalue weighted by molar-refractivity contribution is 7.46. The van der Waals surface area contributed by atoms with E-state index >= 15 is 0 Å². The summed E-state index contributed by atoms with van der Waals surface area (Å²) in [7, 11) is -13.4. The summed E-state index contributed by atoms with van der Waals surface area (Å²) in [6.07, 6.45) is -7.62. The summed E-state index contributed by atoms with van der Waals surface area (Å²) in [4.78, 5) is 89.6. The van der Waals surface area contributed by atoms with Gasteiger partial charge in [0.15, 0.2) is 18.9 Å². The molecule has 0 spiro atoms. The number of aliphatic hydroxyl groups is 2. The number of likely N-dealkylation sites (N-methyl/N-ethyl adjacent to an activating group) is 1. The Morgan fingerprint density at radius 1 is 0.895 bits per heavy atom. The fourth-order valence-corrected chi connectivity index (χ4v) is 8.07. The second-order valence-corrected chi connectivity index (χ2v) is 16.7. The van der Waals surface area contributed by atoms with Gasteiger partial charge in [0.2, 0.25) is 17.3 Å². The molecule has 0 bridgehead atoms. The molecule has 0 amide bonds. The van der Waals surface area contributed by atoms with Gasteiger partial charge < -0.3 is 77.9 Å². The van der Waals surface area contributed by atoms with Crippen molar-refractivity contribution in [3.63, 3.8) is 0 Å². The zero-order chi connectivity index (χ0) is 41.6. The number of imidazole rings is 2. The van der Waals surface area contributed by atoms with Crippen LogP contribution < -0.4 is 51.3 Å². The molecule has 2 aliphatic rings. The van der Waals surface area contributed by atoms with E-state index in [1.165, 1.54) is 21.8 Å². The van der Waals surface area contributed by atoms with Gasteiger partial charge in [0.1, 0.15) is 24.4 Å². The maximum atomic E-state index is 12.6. The Hall–Kier alpha value is -3.57. The van der Waals surface area contributed by atoms with E-state index in [4.69, 9.17) is 30.0 Å². The SMILES string of the molecule is CN1C[C@@H](COP(=O)([O-])OCC(COP(=O)([O-])OC[C@H]2O[C@@H]([n+]3c[nH]c4c(=O)[nH]c(N)nc43)[C@H](O)[C@@H]2O)OP(=O)([O-])[O-])O[C@@H]([n+]2cn(C)c3c(=O)[nH]c(N)nc32)C1. The van der Waals surface area contributed by atoms with Gasteiger partial charge in [0.05, 0.1) is 53.9 Å². The third-order valence-electron chi connectivity index (χ3n) is 8.49. The minimum atomic E-state index is -5.90. The van der Waals surface area contributed by atoms with Gasteiger partial charge in [-0.25, -0.2) is 9.13 Å². The molecule has 0 aliphatic carbocycles. The average Bonchev–Trinajstić information content (AvgIpc) is 3.76. The number of nitrogens with zero attached hydrogens (tertiary/aromatic N) is 6. The van der Waals surface area contributed by atoms with Gasteiger partial charge >= 0.3 is 11.3 Å². The van der Waals surface area contributed by atoms with Gasteiger partial charge in [0, 0.05) is 6.54 Å². The van der Waals surface area contributed by atoms with Gasteiger partial charge in [-0.15, -0.1) is 0 Å². The Bertz CT molecular complexity index is 2370. The predicted molar refractivity (Wildman–Crippen MR) is 176 cm³/mol. The molecule has 6 heterocycles. The number of morpholine rings is 1. The quantitative estimate of drug-likeness (QED) is 0.0406. The highest BCUT2D eigenvalue weighted by atomic mass is 31.2. The number of aryl methyl sites for hydroxylation is 1. The number of hydrogen-bond acceptors (Lipinski definition) is 23. The summed E-state index contributed by atoms with van der Waals surface area (Å²) in [5, 5.41) is 21.1. The van der Waals surface area contributed by atoms with E-state index in [-0.39, 0.29) is 47.3 Å². The molecule has 57 heavy (non-hydrogen) atoms. The van der Waals surface area contributed by atoms with Gasteiger partial charge in [-0.1, -0.05) is 9.97 Å². The molecule has 2 saturated heterocycles. The topological polar surface area (TPSA) is 424 Å². The highest BCUT2D eigenvalue weighted by Gasteiger charge is 2.47. The number of ether oxygens (including phenoxy) is 2. The van der Waals surface area contributed by atoms with Crippen LogP contribution in [-0.2, 0) is 52.8 Å². The lowest BCUT2D eigenvalue weighted by molar-refractivity contribution is -0.747. The molecule has 9 atom stereocenters. The van der Waals surface area contributed by atoms with Gasteiger partial charge in [-0.05, 0) is 7.05 Å². The van der Waals surface area contributed by atoms with Crippen molar-refractivity contribution in [2.75, 3.05) is 58.0 Å². The summed E-state index contributed by atoms with van der Waals surface area (Å²) >= 11 is 0. The largest absolute Gasteiger partial charge is 0.790 e. The Balaban J connectivity index is 1.02. The highest BCUT2D eigenvalue weighted by Crippen LogP contribution is 2.43. The number of nitrogens with one attached hydrogen (secondary N) is 3. The van der Waals surface area contributed by atoms with Crippen LogP contribution in [-0.4, -0.2) is 122 Å². The number of H-pyrrole nitrogens is 3. The standard InChI is InChI=1S/C25H38N11O18P3/c1-33-3-11(52-14(4-33)36-10-34(2)16-20(36)30-25(27)32-22(16)40)5-48-56(44,45)49-6-12(54-55(41,42)43)7-50-57(46,47)51-8-13-17(37)18(38)23(53-13)35-9-28-15-19(35)29-24(26)31-21(15)39/h9-14,17-18,23,37-38H,3-8H2,1-2H3,(H9-,26,27,29,30,31,32,39,40,41,42,43,44,45,46,47)/p-2/t11-,12?,13+,14+,17+,18+,23+/m0/s1. The van der Waals surface area contributed by atoms with Crippen LogP contribution in [0.4, 0.5) is 11.9 Å². The molecule has 316 valence electrons. The monoisotopic (exact) mass is 871 g/mol. The van der Waals surface area contributed by atoms with Crippen molar-refractivity contribution in [2.45, 2.75) is 43.0 Å². The van der Waals surface area contributed by atoms with Gasteiger partial charge in [-0.2, -0.15) is 0 Å². The maximum absolute atomic E-state index is 12.6. The third kappa shape index (κ3) is 10.2. The van der Waals surface area contributed by atoms with Crippen molar-refractivity contribution < 1.29 is 84.7 Å². The van der Waals surface area contributed by atoms with Gasteiger partial charge in [0.25, 0.3) is 38.7 Å². The van der Waals surface area contributed by atoms with Crippen molar-refractivity contribution in [3.05, 3.63) is 33.4 Å². The minimum absolute atomic E-state index is 0.0609. The summed E-state index contributed by atoms with van der Waals surface area (Å²) in [5.74, 6) is -0.425. The number of fused-ring (bicyclic) bond motifs is 2. The Morgan fingerprint density at radius 3 is 2.16 bits per heavy atom. The number of aliphatic hydroxyl groups excluding tert-OH is 2. The minimum Gasteiger partial charge on any atom is -0.790 e. The summed E-state index contributed by atoms with van der Waals surface area (Å²) in [6.45, 7) is -3.81. The number of aromatic nitrogens is 8. The fraction of sp³-hybridized carbons (Fsp3) is 0.600. The van der Waals surface area contributed by atoms with E-state index in [1.54, 1.807) is 19.0 Å². The van der Waals surface area contributed by atoms with Crippen molar-refractivity contribution in [1.29, 1.82) is 0 Å². The lowest BCUT2D eigenvalue weighted by Crippen LogP contribution is -2.54. The molecule has 2 aliphatic heterocycles. The van der Waals surface area contributed by atoms with Crippen LogP contribution in [0.3, 0.4) is 0 Å². The van der Waals surface area contributed by atoms with Crippen molar-refractivity contribution >= 4 is 57.7 Å². The van der Waals surface area contributed by atoms with Crippen molar-refractivity contribution in [2.24, 2.45) is 7.05 Å². The molecule has 9 N–H and O–H groups in total. The Kier molecular flexibility index (Phi) is 12.5. The molecule has 6 rings (SSSR count). The first-order valence-electron chi connectivity index (χ1n) is 16.4. The average molecular weight is 872 g/mol. The maximum Gasteiger partial charge on any atom is 0.313 e. The van der Waals surface area contributed by atoms with E-state index in [0.29, 0.717) is 0 Å². The van der Waals surface area contributed by atoms with Crippen molar-refractivity contribution in [3.8, 4) is 0 Å². The second kappa shape index (κ2) is 16.6. The first kappa shape index (κ1) is 43.0. The van der Waals surface area contributed by atoms with E-state index in [0.717, 1.165) is 4.57 Å². The normalized spacial score (nSPS) is 26.2. The van der Waals surface area contributed by atoms with Crippen LogP contribution in [0, 0.1) is 0 Å². The van der Waals surface area contributed by atoms with Crippen LogP contribution >= 0.6 is 23.5 Å². The first-order valence-corrected chi connectivity index (χ1v) is 20.8. The predicted octanol–water partition coefficient (Wildman–Crippen LogP) is -7.07. The third-order valence-corrected chi connectivity index (χ3v) is 10.9. The van der Waals surface area contributed by atoms with E-state index in [9.17, 15) is 53.1 Å². The van der Waals surface area contributed by atoms with Crippen LogP contribution in [0.5, 0.6) is 0 Å². The molecular weight excluding hydrogens is 835 g/mol. The molecule has 29 nitrogen and oxygen atoms in total. The number of aromatic amines is 3. The van der Waals surface area contributed by atoms with Crippen molar-refractivity contribution in [1.82, 2.24) is 34.4 Å². The number of nitrogen functional groups attached to an aromatic ring is 2. The van der Waals surface area contributed by atoms with Gasteiger partial charge in [-0.3, -0.25) is 43.1 Å². The smallest absolute Gasteiger partial charge is 0.313 e. The van der Waals surface area contributed by atoms with Crippen LogP contribution in [0.15, 0.2) is 22.2 Å². The summed E-state index contributed by atoms with van der Waals surface area (Å²) in [5.41, 5.74) is 10.4. The molecule has 3 unspecified atom stereocenters. The Labute approximate surface area is 318 Å². The molecule has 32 heteroatoms. The fourth-order valence-electron chi connectivity index (χ4n) is 6.06. The molecule has 0 radical (unpaired) electrons. The van der Waals surface area contributed by atoms with E-state index in [2.05, 4.69) is 38.5 Å². The molecule has 0 saturated carbocycles. The number of anilines is 2. The molecular formula is C25H36N11O18P3-2. The van der Waals surface area contributed by atoms with E-state index < -0.39 is 104 Å². The Morgan fingerprint density at radius 2 is 1.51 bits per heavy atom. The molecule has 0 aromatic carbocycles. The van der Waals surface area contributed by atoms with Crippen LogP contribution in [0.25, 0.3) is 22.3 Å². The molecule has 4 aromatic heterocycles. The molecule has 4 aromatic rings. The zero-order valence-corrected chi connectivity index (χ0v) is 32.2. The number of phosphoric ester groups is 3. The van der Waals surface area contributed by atoms with Crippen LogP contribution in [0.1, 0.15) is 12.5 Å². The second-order valence-electron chi connectivity index (χ2n) is 12.8. The van der Waals surface area contributed by atoms with Crippen LogP contribution in [0.2, 0.25) is 0 Å². The molecule has 2 fully saturated rings. The number of rotatable bonds is 16. The lowest BCUT2D eigenvalue weighted by atomic mass is 10.1. The lowest BCUT2D eigenvalue weighted by Gasteiger charge is -2.36. The van der Waals surface area contributed by atoms with E-state index in [1.807, 2.05) is 0 Å².